The van der Waals surface area contributed by atoms with Crippen molar-refractivity contribution in [3.8, 4) is 0 Å². The van der Waals surface area contributed by atoms with Crippen molar-refractivity contribution < 1.29 is 4.92 Å². The van der Waals surface area contributed by atoms with E-state index in [-0.39, 0.29) is 5.69 Å². The number of nitrogens with one attached hydrogen (secondary N) is 2. The predicted octanol–water partition coefficient (Wildman–Crippen LogP) is 2.19. The summed E-state index contributed by atoms with van der Waals surface area (Å²) in [4.78, 5) is 18.8. The van der Waals surface area contributed by atoms with E-state index in [2.05, 4.69) is 34.4 Å². The maximum atomic E-state index is 11.1. The zero-order valence-electron chi connectivity index (χ0n) is 11.6. The summed E-state index contributed by atoms with van der Waals surface area (Å²) in [7, 11) is 1.69. The van der Waals surface area contributed by atoms with Crippen LogP contribution in [0.5, 0.6) is 0 Å². The molecule has 1 saturated carbocycles. The van der Waals surface area contributed by atoms with E-state index in [1.54, 1.807) is 14.0 Å². The number of aromatic nitrogens is 2. The first-order chi connectivity index (χ1) is 8.85. The number of hydrogen-bond donors (Lipinski definition) is 2. The lowest BCUT2D eigenvalue weighted by Crippen LogP contribution is -2.13. The lowest BCUT2D eigenvalue weighted by atomic mass is 10.1. The maximum Gasteiger partial charge on any atom is 0.332 e. The fourth-order valence-electron chi connectivity index (χ4n) is 2.17. The molecule has 0 aliphatic heterocycles. The molecule has 1 aliphatic carbocycles. The zero-order chi connectivity index (χ0) is 14.2. The Balaban J connectivity index is 2.21. The van der Waals surface area contributed by atoms with Crippen molar-refractivity contribution in [3.63, 3.8) is 0 Å². The molecule has 19 heavy (non-hydrogen) atoms. The molecule has 1 heterocycles. The summed E-state index contributed by atoms with van der Waals surface area (Å²) in [6.45, 7) is 6.70. The molecule has 1 aromatic rings. The van der Waals surface area contributed by atoms with Crippen LogP contribution in [0.1, 0.15) is 26.0 Å². The van der Waals surface area contributed by atoms with E-state index in [1.807, 2.05) is 0 Å². The van der Waals surface area contributed by atoms with E-state index in [9.17, 15) is 10.1 Å². The van der Waals surface area contributed by atoms with Gasteiger partial charge < -0.3 is 10.6 Å². The fraction of sp³-hybridized carbons (Fsp3) is 0.667. The second-order valence-electron chi connectivity index (χ2n) is 5.61. The Kier molecular flexibility index (Phi) is 3.30. The standard InChI is InChI=1S/C12H19N5O2/c1-7-9(17(18)19)10(16-11(13-4)15-7)14-6-8-5-12(8,2)3/h8H,5-6H2,1-4H3,(H2,13,14,15,16). The molecule has 1 atom stereocenters. The van der Waals surface area contributed by atoms with Crippen LogP contribution in [0, 0.1) is 28.4 Å². The summed E-state index contributed by atoms with van der Waals surface area (Å²) in [6, 6.07) is 0. The minimum Gasteiger partial charge on any atom is -0.364 e. The van der Waals surface area contributed by atoms with E-state index in [1.165, 1.54) is 0 Å². The Morgan fingerprint density at radius 1 is 1.47 bits per heavy atom. The summed E-state index contributed by atoms with van der Waals surface area (Å²) < 4.78 is 0. The van der Waals surface area contributed by atoms with Gasteiger partial charge in [0.15, 0.2) is 0 Å². The highest BCUT2D eigenvalue weighted by molar-refractivity contribution is 5.60. The van der Waals surface area contributed by atoms with Gasteiger partial charge in [0, 0.05) is 13.6 Å². The highest BCUT2D eigenvalue weighted by Crippen LogP contribution is 2.51. The number of nitro groups is 1. The molecule has 0 aromatic carbocycles. The van der Waals surface area contributed by atoms with Gasteiger partial charge in [0.1, 0.15) is 5.69 Å². The molecule has 104 valence electrons. The molecule has 2 rings (SSSR count). The summed E-state index contributed by atoms with van der Waals surface area (Å²) in [6.07, 6.45) is 1.14. The zero-order valence-corrected chi connectivity index (χ0v) is 11.6. The molecule has 1 unspecified atom stereocenters. The molecule has 1 fully saturated rings. The number of rotatable bonds is 5. The monoisotopic (exact) mass is 265 g/mol. The van der Waals surface area contributed by atoms with Crippen LogP contribution < -0.4 is 10.6 Å². The van der Waals surface area contributed by atoms with Crippen molar-refractivity contribution in [2.45, 2.75) is 27.2 Å². The van der Waals surface area contributed by atoms with Crippen molar-refractivity contribution in [1.29, 1.82) is 0 Å². The van der Waals surface area contributed by atoms with Gasteiger partial charge in [0.25, 0.3) is 0 Å². The van der Waals surface area contributed by atoms with Gasteiger partial charge in [-0.25, -0.2) is 4.98 Å². The molecule has 7 nitrogen and oxygen atoms in total. The van der Waals surface area contributed by atoms with E-state index in [0.717, 1.165) is 6.42 Å². The quantitative estimate of drug-likeness (QED) is 0.626. The Labute approximate surface area is 112 Å². The van der Waals surface area contributed by atoms with E-state index in [0.29, 0.717) is 35.3 Å². The third-order valence-corrected chi connectivity index (χ3v) is 3.70. The lowest BCUT2D eigenvalue weighted by Gasteiger charge is -2.10. The van der Waals surface area contributed by atoms with Crippen LogP contribution in [0.3, 0.4) is 0 Å². The van der Waals surface area contributed by atoms with Gasteiger partial charge in [-0.3, -0.25) is 10.1 Å². The average molecular weight is 265 g/mol. The minimum atomic E-state index is -0.435. The van der Waals surface area contributed by atoms with Gasteiger partial charge in [-0.2, -0.15) is 4.98 Å². The van der Waals surface area contributed by atoms with Crippen molar-refractivity contribution in [1.82, 2.24) is 9.97 Å². The summed E-state index contributed by atoms with van der Waals surface area (Å²) >= 11 is 0. The first-order valence-electron chi connectivity index (χ1n) is 6.30. The van der Waals surface area contributed by atoms with Crippen LogP contribution in [-0.2, 0) is 0 Å². The normalized spacial score (nSPS) is 19.9. The fourth-order valence-corrected chi connectivity index (χ4v) is 2.17. The Morgan fingerprint density at radius 2 is 2.11 bits per heavy atom. The smallest absolute Gasteiger partial charge is 0.332 e. The predicted molar refractivity (Wildman–Crippen MR) is 73.3 cm³/mol. The number of aryl methyl sites for hydroxylation is 1. The first-order valence-corrected chi connectivity index (χ1v) is 6.30. The Hall–Kier alpha value is -1.92. The van der Waals surface area contributed by atoms with Crippen molar-refractivity contribution in [2.75, 3.05) is 24.2 Å². The topological polar surface area (TPSA) is 93.0 Å². The lowest BCUT2D eigenvalue weighted by molar-refractivity contribution is -0.385. The molecule has 2 N–H and O–H groups in total. The molecule has 1 aromatic heterocycles. The van der Waals surface area contributed by atoms with Gasteiger partial charge in [0.2, 0.25) is 11.8 Å². The SMILES string of the molecule is CNc1nc(C)c([N+](=O)[O-])c(NCC2CC2(C)C)n1. The average Bonchev–Trinajstić information content (AvgIpc) is 2.93. The van der Waals surface area contributed by atoms with Crippen LogP contribution in [0.25, 0.3) is 0 Å². The summed E-state index contributed by atoms with van der Waals surface area (Å²) in [5.41, 5.74) is 0.648. The summed E-state index contributed by atoms with van der Waals surface area (Å²) in [5, 5.41) is 17.0. The van der Waals surface area contributed by atoms with Gasteiger partial charge in [0.05, 0.1) is 4.92 Å². The third-order valence-electron chi connectivity index (χ3n) is 3.70. The number of anilines is 2. The minimum absolute atomic E-state index is 0.0440. The second-order valence-corrected chi connectivity index (χ2v) is 5.61. The third kappa shape index (κ3) is 2.74. The highest BCUT2D eigenvalue weighted by atomic mass is 16.6. The van der Waals surface area contributed by atoms with Crippen LogP contribution in [0.15, 0.2) is 0 Å². The molecule has 0 radical (unpaired) electrons. The van der Waals surface area contributed by atoms with Crippen LogP contribution in [0.4, 0.5) is 17.5 Å². The van der Waals surface area contributed by atoms with Crippen molar-refractivity contribution >= 4 is 17.5 Å². The van der Waals surface area contributed by atoms with E-state index < -0.39 is 4.92 Å². The number of hydrogen-bond acceptors (Lipinski definition) is 6. The number of nitrogens with zero attached hydrogens (tertiary/aromatic N) is 3. The Morgan fingerprint density at radius 3 is 2.58 bits per heavy atom. The van der Waals surface area contributed by atoms with Crippen LogP contribution >= 0.6 is 0 Å². The van der Waals surface area contributed by atoms with Gasteiger partial charge >= 0.3 is 5.69 Å². The van der Waals surface area contributed by atoms with E-state index in [4.69, 9.17) is 0 Å². The van der Waals surface area contributed by atoms with Crippen LogP contribution in [0.2, 0.25) is 0 Å². The van der Waals surface area contributed by atoms with E-state index >= 15 is 0 Å². The summed E-state index contributed by atoms with van der Waals surface area (Å²) in [5.74, 6) is 1.23. The molecule has 7 heteroatoms. The molecular weight excluding hydrogens is 246 g/mol. The van der Waals surface area contributed by atoms with Crippen molar-refractivity contribution in [3.05, 3.63) is 15.8 Å². The molecule has 0 bridgehead atoms. The van der Waals surface area contributed by atoms with Crippen LogP contribution in [-0.4, -0.2) is 28.5 Å². The molecule has 0 amide bonds. The molecular formula is C12H19N5O2. The largest absolute Gasteiger partial charge is 0.364 e. The maximum absolute atomic E-state index is 11.1. The second kappa shape index (κ2) is 4.64. The first kappa shape index (κ1) is 13.5. The van der Waals surface area contributed by atoms with Gasteiger partial charge in [-0.1, -0.05) is 13.8 Å². The van der Waals surface area contributed by atoms with Gasteiger partial charge in [-0.15, -0.1) is 0 Å². The van der Waals surface area contributed by atoms with Crippen molar-refractivity contribution in [2.24, 2.45) is 11.3 Å². The van der Waals surface area contributed by atoms with Gasteiger partial charge in [-0.05, 0) is 24.7 Å². The molecule has 1 aliphatic rings. The highest BCUT2D eigenvalue weighted by Gasteiger charge is 2.45. The molecule has 0 saturated heterocycles. The molecule has 0 spiro atoms. The Bertz CT molecular complexity index is 515.